The minimum atomic E-state index is -1.11. The molecule has 2 heterocycles. The molecule has 1 saturated heterocycles. The molecule has 0 radical (unpaired) electrons. The largest absolute Gasteiger partial charge is 0.477 e. The van der Waals surface area contributed by atoms with Crippen LogP contribution in [-0.4, -0.2) is 40.0 Å². The third kappa shape index (κ3) is 4.69. The van der Waals surface area contributed by atoms with Gasteiger partial charge in [-0.2, -0.15) is 0 Å². The van der Waals surface area contributed by atoms with E-state index in [0.29, 0.717) is 12.5 Å². The van der Waals surface area contributed by atoms with E-state index in [1.165, 1.54) is 11.6 Å². The number of hydrogen-bond donors (Lipinski definition) is 1. The number of carbonyl (C=O) groups excluding carboxylic acids is 1. The summed E-state index contributed by atoms with van der Waals surface area (Å²) in [7, 11) is 0. The van der Waals surface area contributed by atoms with Crippen LogP contribution in [0.1, 0.15) is 52.2 Å². The van der Waals surface area contributed by atoms with Crippen LogP contribution >= 0.6 is 0 Å². The highest BCUT2D eigenvalue weighted by Gasteiger charge is 2.25. The Balaban J connectivity index is 1.55. The first kappa shape index (κ1) is 18.1. The standard InChI is InChI=1S/C21H24N2O3/c24-20(18-12-5-13-19(22-18)21(25)26)23-14-6-11-17(15-23)10-4-9-16-7-2-1-3-8-16/h1-3,5,7-8,12-13,17H,4,6,9-11,14-15H2,(H,25,26). The number of carbonyl (C=O) groups is 2. The fourth-order valence-electron chi connectivity index (χ4n) is 3.56. The van der Waals surface area contributed by atoms with Crippen molar-refractivity contribution in [1.82, 2.24) is 9.88 Å². The molecular weight excluding hydrogens is 328 g/mol. The highest BCUT2D eigenvalue weighted by molar-refractivity contribution is 5.94. The van der Waals surface area contributed by atoms with Crippen LogP contribution in [-0.2, 0) is 6.42 Å². The Morgan fingerprint density at radius 2 is 1.85 bits per heavy atom. The number of rotatable bonds is 6. The lowest BCUT2D eigenvalue weighted by atomic mass is 9.91. The number of pyridine rings is 1. The van der Waals surface area contributed by atoms with Gasteiger partial charge >= 0.3 is 5.97 Å². The average Bonchev–Trinajstić information content (AvgIpc) is 2.68. The lowest BCUT2D eigenvalue weighted by Crippen LogP contribution is -2.40. The minimum Gasteiger partial charge on any atom is -0.477 e. The van der Waals surface area contributed by atoms with Crippen molar-refractivity contribution in [2.45, 2.75) is 32.1 Å². The SMILES string of the molecule is O=C(O)c1cccc(C(=O)N2CCCC(CCCc3ccccc3)C2)n1. The van der Waals surface area contributed by atoms with Crippen molar-refractivity contribution in [2.24, 2.45) is 5.92 Å². The third-order valence-corrected chi connectivity index (χ3v) is 4.91. The van der Waals surface area contributed by atoms with Crippen LogP contribution in [0, 0.1) is 5.92 Å². The van der Waals surface area contributed by atoms with E-state index < -0.39 is 5.97 Å². The van der Waals surface area contributed by atoms with E-state index in [1.807, 2.05) is 11.0 Å². The van der Waals surface area contributed by atoms with Crippen LogP contribution in [0.25, 0.3) is 0 Å². The van der Waals surface area contributed by atoms with Gasteiger partial charge < -0.3 is 10.0 Å². The number of piperidine rings is 1. The smallest absolute Gasteiger partial charge is 0.354 e. The van der Waals surface area contributed by atoms with E-state index in [2.05, 4.69) is 29.2 Å². The molecule has 1 atom stereocenters. The Bertz CT molecular complexity index is 761. The minimum absolute atomic E-state index is 0.0905. The Morgan fingerprint density at radius 3 is 2.62 bits per heavy atom. The van der Waals surface area contributed by atoms with E-state index in [1.54, 1.807) is 12.1 Å². The van der Waals surface area contributed by atoms with Gasteiger partial charge in [-0.15, -0.1) is 0 Å². The first-order valence-electron chi connectivity index (χ1n) is 9.17. The Morgan fingerprint density at radius 1 is 1.08 bits per heavy atom. The van der Waals surface area contributed by atoms with Gasteiger partial charge in [0.15, 0.2) is 0 Å². The number of benzene rings is 1. The molecule has 5 heteroatoms. The number of likely N-dealkylation sites (tertiary alicyclic amines) is 1. The molecule has 1 amide bonds. The molecule has 0 aliphatic carbocycles. The number of amides is 1. The highest BCUT2D eigenvalue weighted by Crippen LogP contribution is 2.23. The van der Waals surface area contributed by atoms with Crippen molar-refractivity contribution < 1.29 is 14.7 Å². The van der Waals surface area contributed by atoms with Crippen LogP contribution < -0.4 is 0 Å². The molecule has 0 spiro atoms. The van der Waals surface area contributed by atoms with Gasteiger partial charge in [0.25, 0.3) is 5.91 Å². The van der Waals surface area contributed by atoms with Crippen molar-refractivity contribution in [2.75, 3.05) is 13.1 Å². The van der Waals surface area contributed by atoms with Crippen molar-refractivity contribution in [3.05, 3.63) is 65.5 Å². The van der Waals surface area contributed by atoms with Gasteiger partial charge in [-0.1, -0.05) is 36.4 Å². The number of aryl methyl sites for hydroxylation is 1. The maximum atomic E-state index is 12.7. The van der Waals surface area contributed by atoms with Crippen LogP contribution in [0.3, 0.4) is 0 Å². The van der Waals surface area contributed by atoms with E-state index in [4.69, 9.17) is 5.11 Å². The van der Waals surface area contributed by atoms with Gasteiger partial charge in [0.2, 0.25) is 0 Å². The zero-order chi connectivity index (χ0) is 18.4. The maximum Gasteiger partial charge on any atom is 0.354 e. The summed E-state index contributed by atoms with van der Waals surface area (Å²) in [6, 6.07) is 15.0. The molecule has 1 unspecified atom stereocenters. The maximum absolute atomic E-state index is 12.7. The number of carboxylic acids is 1. The quantitative estimate of drug-likeness (QED) is 0.861. The Labute approximate surface area is 153 Å². The average molecular weight is 352 g/mol. The fourth-order valence-corrected chi connectivity index (χ4v) is 3.56. The van der Waals surface area contributed by atoms with E-state index >= 15 is 0 Å². The van der Waals surface area contributed by atoms with Crippen LogP contribution in [0.15, 0.2) is 48.5 Å². The number of aromatic carboxylic acids is 1. The number of carboxylic acid groups (broad SMARTS) is 1. The van der Waals surface area contributed by atoms with Gasteiger partial charge in [0, 0.05) is 13.1 Å². The van der Waals surface area contributed by atoms with Gasteiger partial charge in [0.05, 0.1) is 0 Å². The Kier molecular flexibility index (Phi) is 6.00. The second kappa shape index (κ2) is 8.61. The first-order valence-corrected chi connectivity index (χ1v) is 9.17. The molecule has 3 rings (SSSR count). The molecule has 1 fully saturated rings. The molecule has 1 N–H and O–H groups in total. The predicted octanol–water partition coefficient (Wildman–Crippen LogP) is 3.65. The molecule has 0 bridgehead atoms. The summed E-state index contributed by atoms with van der Waals surface area (Å²) in [5.41, 5.74) is 1.48. The summed E-state index contributed by atoms with van der Waals surface area (Å²) in [6.07, 6.45) is 5.40. The first-order chi connectivity index (χ1) is 12.6. The van der Waals surface area contributed by atoms with Crippen molar-refractivity contribution in [3.63, 3.8) is 0 Å². The predicted molar refractivity (Wildman–Crippen MR) is 99.2 cm³/mol. The van der Waals surface area contributed by atoms with Crippen molar-refractivity contribution in [3.8, 4) is 0 Å². The van der Waals surface area contributed by atoms with E-state index in [-0.39, 0.29) is 17.3 Å². The monoisotopic (exact) mass is 352 g/mol. The van der Waals surface area contributed by atoms with Gasteiger partial charge in [0.1, 0.15) is 11.4 Å². The number of hydrogen-bond acceptors (Lipinski definition) is 3. The second-order valence-electron chi connectivity index (χ2n) is 6.85. The van der Waals surface area contributed by atoms with Crippen molar-refractivity contribution >= 4 is 11.9 Å². The van der Waals surface area contributed by atoms with Crippen molar-refractivity contribution in [1.29, 1.82) is 0 Å². The molecule has 1 aromatic heterocycles. The highest BCUT2D eigenvalue weighted by atomic mass is 16.4. The molecule has 0 saturated carbocycles. The summed E-state index contributed by atoms with van der Waals surface area (Å²) in [6.45, 7) is 1.44. The fraction of sp³-hybridized carbons (Fsp3) is 0.381. The van der Waals surface area contributed by atoms with Gasteiger partial charge in [-0.25, -0.2) is 9.78 Å². The van der Waals surface area contributed by atoms with Crippen LogP contribution in [0.4, 0.5) is 0 Å². The number of aromatic nitrogens is 1. The van der Waals surface area contributed by atoms with Gasteiger partial charge in [-0.3, -0.25) is 4.79 Å². The summed E-state index contributed by atoms with van der Waals surface area (Å²) in [5, 5.41) is 9.05. The van der Waals surface area contributed by atoms with Crippen LogP contribution in [0.5, 0.6) is 0 Å². The zero-order valence-electron chi connectivity index (χ0n) is 14.8. The summed E-state index contributed by atoms with van der Waals surface area (Å²) >= 11 is 0. The molecule has 1 aliphatic heterocycles. The molecule has 2 aromatic rings. The summed E-state index contributed by atoms with van der Waals surface area (Å²) in [4.78, 5) is 29.5. The zero-order valence-corrected chi connectivity index (χ0v) is 14.8. The molecule has 26 heavy (non-hydrogen) atoms. The number of nitrogens with zero attached hydrogens (tertiary/aromatic N) is 2. The summed E-state index contributed by atoms with van der Waals surface area (Å²) < 4.78 is 0. The lowest BCUT2D eigenvalue weighted by molar-refractivity contribution is 0.0659. The molecule has 136 valence electrons. The Hall–Kier alpha value is -2.69. The normalized spacial score (nSPS) is 17.1. The molecule has 1 aromatic carbocycles. The molecular formula is C21H24N2O3. The summed E-state index contributed by atoms with van der Waals surface area (Å²) in [5.74, 6) is -0.781. The third-order valence-electron chi connectivity index (χ3n) is 4.91. The molecule has 5 nitrogen and oxygen atoms in total. The van der Waals surface area contributed by atoms with Gasteiger partial charge in [-0.05, 0) is 55.7 Å². The van der Waals surface area contributed by atoms with E-state index in [0.717, 1.165) is 38.6 Å². The lowest BCUT2D eigenvalue weighted by Gasteiger charge is -2.32. The molecule has 1 aliphatic rings. The topological polar surface area (TPSA) is 70.5 Å². The van der Waals surface area contributed by atoms with E-state index in [9.17, 15) is 9.59 Å². The van der Waals surface area contributed by atoms with Crippen LogP contribution in [0.2, 0.25) is 0 Å². The second-order valence-corrected chi connectivity index (χ2v) is 6.85.